The lowest BCUT2D eigenvalue weighted by molar-refractivity contribution is 0.102. The van der Waals surface area contributed by atoms with Gasteiger partial charge in [0.2, 0.25) is 0 Å². The Morgan fingerprint density at radius 2 is 1.75 bits per heavy atom. The summed E-state index contributed by atoms with van der Waals surface area (Å²) in [6.45, 7) is 2.03. The van der Waals surface area contributed by atoms with E-state index in [0.717, 1.165) is 41.2 Å². The molecule has 4 rings (SSSR count). The average molecular weight is 375 g/mol. The predicted molar refractivity (Wildman–Crippen MR) is 114 cm³/mol. The van der Waals surface area contributed by atoms with Crippen LogP contribution < -0.4 is 15.1 Å². The molecule has 1 aromatic heterocycles. The fourth-order valence-electron chi connectivity index (χ4n) is 3.59. The molecule has 0 aliphatic carbocycles. The van der Waals surface area contributed by atoms with Crippen LogP contribution in [-0.4, -0.2) is 43.1 Å². The lowest BCUT2D eigenvalue weighted by Crippen LogP contribution is -2.30. The van der Waals surface area contributed by atoms with Gasteiger partial charge in [0.15, 0.2) is 0 Å². The number of anilines is 3. The Morgan fingerprint density at radius 1 is 1.00 bits per heavy atom. The molecule has 0 saturated carbocycles. The third-order valence-corrected chi connectivity index (χ3v) is 5.17. The third-order valence-electron chi connectivity index (χ3n) is 5.17. The largest absolute Gasteiger partial charge is 0.378 e. The summed E-state index contributed by atoms with van der Waals surface area (Å²) in [6.07, 6.45) is 5.26. The van der Waals surface area contributed by atoms with Gasteiger partial charge in [0, 0.05) is 49.5 Å². The zero-order chi connectivity index (χ0) is 19.5. The second kappa shape index (κ2) is 7.84. The molecule has 0 unspecified atom stereocenters. The van der Waals surface area contributed by atoms with Gasteiger partial charge in [-0.3, -0.25) is 4.79 Å². The summed E-state index contributed by atoms with van der Waals surface area (Å²) in [5.74, 6) is 0.831. The normalized spacial score (nSPS) is 14.1. The molecule has 6 nitrogen and oxygen atoms in total. The number of carbonyl (C=O) groups excluding carboxylic acids is 1. The van der Waals surface area contributed by atoms with Crippen molar-refractivity contribution in [2.75, 3.05) is 42.3 Å². The molecule has 1 amide bonds. The number of amides is 1. The first-order chi connectivity index (χ1) is 13.6. The number of hydrogen-bond donors (Lipinski definition) is 1. The van der Waals surface area contributed by atoms with E-state index in [9.17, 15) is 4.79 Å². The van der Waals surface area contributed by atoms with E-state index >= 15 is 0 Å². The van der Waals surface area contributed by atoms with E-state index in [1.807, 2.05) is 61.5 Å². The van der Waals surface area contributed by atoms with E-state index in [-0.39, 0.29) is 5.91 Å². The molecule has 0 bridgehead atoms. The van der Waals surface area contributed by atoms with Crippen LogP contribution in [0.1, 0.15) is 29.6 Å². The summed E-state index contributed by atoms with van der Waals surface area (Å²) in [5.41, 5.74) is 3.34. The van der Waals surface area contributed by atoms with Gasteiger partial charge >= 0.3 is 0 Å². The first-order valence-electron chi connectivity index (χ1n) is 9.70. The van der Waals surface area contributed by atoms with E-state index in [0.29, 0.717) is 5.56 Å². The van der Waals surface area contributed by atoms with Crippen LogP contribution in [0.25, 0.3) is 10.9 Å². The van der Waals surface area contributed by atoms with E-state index < -0.39 is 0 Å². The van der Waals surface area contributed by atoms with Gasteiger partial charge in [0.05, 0.1) is 5.52 Å². The van der Waals surface area contributed by atoms with Crippen molar-refractivity contribution in [3.63, 3.8) is 0 Å². The number of piperidine rings is 1. The molecular formula is C22H25N5O. The summed E-state index contributed by atoms with van der Waals surface area (Å²) in [4.78, 5) is 25.9. The van der Waals surface area contributed by atoms with E-state index in [2.05, 4.69) is 20.2 Å². The summed E-state index contributed by atoms with van der Waals surface area (Å²) in [7, 11) is 3.96. The Bertz CT molecular complexity index is 978. The van der Waals surface area contributed by atoms with Gasteiger partial charge in [-0.15, -0.1) is 0 Å². The monoisotopic (exact) mass is 375 g/mol. The number of nitrogens with one attached hydrogen (secondary N) is 1. The van der Waals surface area contributed by atoms with Crippen LogP contribution in [0.15, 0.2) is 48.8 Å². The molecule has 0 atom stereocenters. The number of carbonyl (C=O) groups is 1. The standard InChI is InChI=1S/C22H25N5O/c1-26(2)18-9-6-16(7-10-18)22(28)25-17-8-11-20-19(14-17)21(24-15-23-20)27-12-4-3-5-13-27/h6-11,14-15H,3-5,12-13H2,1-2H3,(H,25,28). The number of fused-ring (bicyclic) bond motifs is 1. The minimum atomic E-state index is -0.124. The molecule has 144 valence electrons. The molecular weight excluding hydrogens is 350 g/mol. The van der Waals surface area contributed by atoms with Crippen LogP contribution >= 0.6 is 0 Å². The Kier molecular flexibility index (Phi) is 5.10. The number of benzene rings is 2. The average Bonchev–Trinajstić information content (AvgIpc) is 2.74. The van der Waals surface area contributed by atoms with Crippen LogP contribution in [0, 0.1) is 0 Å². The Balaban J connectivity index is 1.59. The summed E-state index contributed by atoms with van der Waals surface area (Å²) in [5, 5.41) is 3.98. The number of aromatic nitrogens is 2. The summed E-state index contributed by atoms with van der Waals surface area (Å²) < 4.78 is 0. The molecule has 2 aromatic carbocycles. The SMILES string of the molecule is CN(C)c1ccc(C(=O)Nc2ccc3ncnc(N4CCCCC4)c3c2)cc1. The Labute approximate surface area is 165 Å². The first kappa shape index (κ1) is 18.2. The molecule has 0 radical (unpaired) electrons. The minimum absolute atomic E-state index is 0.124. The highest BCUT2D eigenvalue weighted by molar-refractivity contribution is 6.05. The Morgan fingerprint density at radius 3 is 2.46 bits per heavy atom. The zero-order valence-electron chi connectivity index (χ0n) is 16.4. The van der Waals surface area contributed by atoms with Crippen LogP contribution in [0.4, 0.5) is 17.2 Å². The zero-order valence-corrected chi connectivity index (χ0v) is 16.4. The van der Waals surface area contributed by atoms with Gasteiger partial charge in [0.1, 0.15) is 12.1 Å². The molecule has 0 spiro atoms. The molecule has 3 aromatic rings. The van der Waals surface area contributed by atoms with Gasteiger partial charge < -0.3 is 15.1 Å². The Hall–Kier alpha value is -3.15. The topological polar surface area (TPSA) is 61.4 Å². The second-order valence-corrected chi connectivity index (χ2v) is 7.37. The maximum absolute atomic E-state index is 12.7. The van der Waals surface area contributed by atoms with Gasteiger partial charge in [0.25, 0.3) is 5.91 Å². The fraction of sp³-hybridized carbons (Fsp3) is 0.318. The molecule has 28 heavy (non-hydrogen) atoms. The summed E-state index contributed by atoms with van der Waals surface area (Å²) in [6, 6.07) is 13.4. The molecule has 1 aliphatic rings. The van der Waals surface area contributed by atoms with Crippen LogP contribution in [-0.2, 0) is 0 Å². The van der Waals surface area contributed by atoms with Gasteiger partial charge in [-0.2, -0.15) is 0 Å². The van der Waals surface area contributed by atoms with Crippen LogP contribution in [0.3, 0.4) is 0 Å². The highest BCUT2D eigenvalue weighted by atomic mass is 16.1. The second-order valence-electron chi connectivity index (χ2n) is 7.37. The smallest absolute Gasteiger partial charge is 0.255 e. The van der Waals surface area contributed by atoms with Crippen molar-refractivity contribution in [2.24, 2.45) is 0 Å². The third kappa shape index (κ3) is 3.76. The van der Waals surface area contributed by atoms with Crippen molar-refractivity contribution >= 4 is 34.0 Å². The van der Waals surface area contributed by atoms with E-state index in [4.69, 9.17) is 0 Å². The molecule has 1 aliphatic heterocycles. The van der Waals surface area contributed by atoms with E-state index in [1.165, 1.54) is 19.3 Å². The van der Waals surface area contributed by atoms with Crippen molar-refractivity contribution in [3.8, 4) is 0 Å². The van der Waals surface area contributed by atoms with Crippen LogP contribution in [0.2, 0.25) is 0 Å². The summed E-state index contributed by atoms with van der Waals surface area (Å²) >= 11 is 0. The van der Waals surface area contributed by atoms with Crippen molar-refractivity contribution < 1.29 is 4.79 Å². The van der Waals surface area contributed by atoms with Crippen LogP contribution in [0.5, 0.6) is 0 Å². The van der Waals surface area contributed by atoms with Gasteiger partial charge in [-0.25, -0.2) is 9.97 Å². The number of nitrogens with zero attached hydrogens (tertiary/aromatic N) is 4. The lowest BCUT2D eigenvalue weighted by Gasteiger charge is -2.28. The van der Waals surface area contributed by atoms with Gasteiger partial charge in [-0.1, -0.05) is 0 Å². The molecule has 6 heteroatoms. The highest BCUT2D eigenvalue weighted by Crippen LogP contribution is 2.28. The fourth-order valence-corrected chi connectivity index (χ4v) is 3.59. The maximum atomic E-state index is 12.7. The number of rotatable bonds is 4. The predicted octanol–water partition coefficient (Wildman–Crippen LogP) is 3.94. The molecule has 1 saturated heterocycles. The first-order valence-corrected chi connectivity index (χ1v) is 9.70. The highest BCUT2D eigenvalue weighted by Gasteiger charge is 2.16. The molecule has 1 N–H and O–H groups in total. The maximum Gasteiger partial charge on any atom is 0.255 e. The van der Waals surface area contributed by atoms with Crippen molar-refractivity contribution in [1.29, 1.82) is 0 Å². The van der Waals surface area contributed by atoms with E-state index in [1.54, 1.807) is 6.33 Å². The van der Waals surface area contributed by atoms with Crippen molar-refractivity contribution in [2.45, 2.75) is 19.3 Å². The molecule has 1 fully saturated rings. The van der Waals surface area contributed by atoms with Crippen molar-refractivity contribution in [1.82, 2.24) is 9.97 Å². The lowest BCUT2D eigenvalue weighted by atomic mass is 10.1. The van der Waals surface area contributed by atoms with Crippen molar-refractivity contribution in [3.05, 3.63) is 54.4 Å². The minimum Gasteiger partial charge on any atom is -0.378 e. The van der Waals surface area contributed by atoms with Gasteiger partial charge in [-0.05, 0) is 61.7 Å². The number of hydrogen-bond acceptors (Lipinski definition) is 5. The molecule has 2 heterocycles. The quantitative estimate of drug-likeness (QED) is 0.748.